The van der Waals surface area contributed by atoms with Crippen LogP contribution < -0.4 is 5.32 Å². The Hall–Kier alpha value is -6.56. The van der Waals surface area contributed by atoms with Crippen molar-refractivity contribution in [1.82, 2.24) is 5.32 Å². The summed E-state index contributed by atoms with van der Waals surface area (Å²) in [6.45, 7) is 8.75. The first-order chi connectivity index (χ1) is 31.6. The number of carbonyl (C=O) groups excluding carboxylic acids is 8. The Bertz CT molecular complexity index is 2510. The molecule has 0 unspecified atom stereocenters. The minimum absolute atomic E-state index is 0.0165. The van der Waals surface area contributed by atoms with Crippen LogP contribution in [0.1, 0.15) is 93.6 Å². The predicted molar refractivity (Wildman–Crippen MR) is 232 cm³/mol. The number of rotatable bonds is 12. The lowest BCUT2D eigenvalue weighted by atomic mass is 9.44. The van der Waals surface area contributed by atoms with Crippen molar-refractivity contribution in [2.75, 3.05) is 6.61 Å². The molecule has 1 aliphatic heterocycles. The maximum absolute atomic E-state index is 15.6. The van der Waals surface area contributed by atoms with Crippen molar-refractivity contribution in [2.24, 2.45) is 16.7 Å². The summed E-state index contributed by atoms with van der Waals surface area (Å²) >= 11 is 0. The zero-order valence-electron chi connectivity index (χ0n) is 38.0. The number of hydrogen-bond acceptors (Lipinski definition) is 16. The van der Waals surface area contributed by atoms with Crippen molar-refractivity contribution in [3.8, 4) is 0 Å². The maximum atomic E-state index is 15.6. The highest BCUT2D eigenvalue weighted by Gasteiger charge is 2.78. The topological polar surface area (TPSA) is 244 Å². The predicted octanol–water partition coefficient (Wildman–Crippen LogP) is 3.88. The second kappa shape index (κ2) is 18.3. The second-order valence-electron chi connectivity index (χ2n) is 18.3. The molecule has 17 heteroatoms. The lowest BCUT2D eigenvalue weighted by Gasteiger charge is -2.67. The minimum Gasteiger partial charge on any atom is -0.455 e. The lowest BCUT2D eigenvalue weighted by molar-refractivity contribution is -0.346. The van der Waals surface area contributed by atoms with Crippen LogP contribution in [0.15, 0.2) is 102 Å². The molecule has 0 spiro atoms. The first-order valence-corrected chi connectivity index (χ1v) is 21.8. The number of carbonyl (C=O) groups is 8. The molecule has 354 valence electrons. The fourth-order valence-electron chi connectivity index (χ4n) is 10.5. The molecule has 3 fully saturated rings. The highest BCUT2D eigenvalue weighted by atomic mass is 16.6. The molecule has 7 rings (SSSR count). The fourth-order valence-corrected chi connectivity index (χ4v) is 10.5. The van der Waals surface area contributed by atoms with E-state index in [1.807, 2.05) is 0 Å². The molecule has 4 aliphatic rings. The van der Waals surface area contributed by atoms with Crippen molar-refractivity contribution < 1.29 is 77.0 Å². The second-order valence-corrected chi connectivity index (χ2v) is 18.3. The Morgan fingerprint density at radius 1 is 0.776 bits per heavy atom. The van der Waals surface area contributed by atoms with E-state index in [2.05, 4.69) is 5.32 Å². The molecule has 1 saturated heterocycles. The van der Waals surface area contributed by atoms with Gasteiger partial charge in [0.05, 0.1) is 35.2 Å². The van der Waals surface area contributed by atoms with E-state index >= 15 is 9.59 Å². The van der Waals surface area contributed by atoms with Crippen LogP contribution in [0.2, 0.25) is 0 Å². The average Bonchev–Trinajstić information content (AvgIpc) is 3.28. The number of ether oxygens (including phenoxy) is 6. The van der Waals surface area contributed by atoms with E-state index in [0.717, 1.165) is 20.8 Å². The van der Waals surface area contributed by atoms with E-state index in [1.165, 1.54) is 64.1 Å². The van der Waals surface area contributed by atoms with Gasteiger partial charge in [0, 0.05) is 39.0 Å². The van der Waals surface area contributed by atoms with Crippen LogP contribution in [0, 0.1) is 16.7 Å². The van der Waals surface area contributed by atoms with Gasteiger partial charge in [-0.15, -0.1) is 0 Å². The average molecular weight is 924 g/mol. The highest BCUT2D eigenvalue weighted by molar-refractivity contribution is 6.35. The van der Waals surface area contributed by atoms with Gasteiger partial charge in [-0.05, 0) is 54.8 Å². The standard InChI is InChI=1S/C50H53NO16/c1-26-33(64-46(60)39(65-44(58)31-19-13-9-14-20-31)37(51-43(57)27(2)52)30-17-11-8-12-18-30)24-50(61)42(66-45(59)32-21-15-10-16-22-32)40-48(7,34(55)23-35-49(40,25-62-35)67-29(4)54)41(56)38(63-28(3)53)36(26)47(50,5)6/h8-22,33-35,37-40,42,55,61H,23-25H2,1-7H3,(H,51,57)/t33-,34-,35+,37-,38+,39+,40-,42-,48+,49-,50+/m0/s1. The van der Waals surface area contributed by atoms with Gasteiger partial charge in [0.25, 0.3) is 5.91 Å². The molecule has 2 saturated carbocycles. The van der Waals surface area contributed by atoms with Gasteiger partial charge < -0.3 is 44.0 Å². The molecular formula is C50H53NO16. The molecule has 2 bridgehead atoms. The van der Waals surface area contributed by atoms with E-state index in [9.17, 15) is 39.0 Å². The van der Waals surface area contributed by atoms with E-state index in [4.69, 9.17) is 28.4 Å². The summed E-state index contributed by atoms with van der Waals surface area (Å²) in [5.41, 5.74) is -7.86. The number of benzene rings is 3. The molecule has 11 atom stereocenters. The number of aliphatic hydroxyl groups is 2. The van der Waals surface area contributed by atoms with Gasteiger partial charge in [0.15, 0.2) is 17.5 Å². The van der Waals surface area contributed by atoms with Crippen molar-refractivity contribution in [3.63, 3.8) is 0 Å². The van der Waals surface area contributed by atoms with Crippen LogP contribution in [0.3, 0.4) is 0 Å². The first-order valence-electron chi connectivity index (χ1n) is 21.8. The Morgan fingerprint density at radius 3 is 1.87 bits per heavy atom. The normalized spacial score (nSPS) is 30.2. The van der Waals surface area contributed by atoms with Crippen molar-refractivity contribution >= 4 is 47.3 Å². The Labute approximate surface area is 386 Å². The minimum atomic E-state index is -2.48. The van der Waals surface area contributed by atoms with Gasteiger partial charge in [0.2, 0.25) is 11.9 Å². The van der Waals surface area contributed by atoms with E-state index in [1.54, 1.807) is 54.6 Å². The van der Waals surface area contributed by atoms with Crippen LogP contribution in [0.25, 0.3) is 0 Å². The summed E-state index contributed by atoms with van der Waals surface area (Å²) in [6.07, 6.45) is -11.0. The largest absolute Gasteiger partial charge is 0.455 e. The molecule has 1 amide bonds. The third-order valence-electron chi connectivity index (χ3n) is 14.0. The van der Waals surface area contributed by atoms with Gasteiger partial charge in [-0.25, -0.2) is 14.4 Å². The Morgan fingerprint density at radius 2 is 1.34 bits per heavy atom. The molecule has 17 nitrogen and oxygen atoms in total. The molecule has 3 aliphatic carbocycles. The molecule has 3 aromatic rings. The number of ketones is 2. The van der Waals surface area contributed by atoms with Gasteiger partial charge in [-0.1, -0.05) is 80.6 Å². The summed E-state index contributed by atoms with van der Waals surface area (Å²) in [4.78, 5) is 110. The smallest absolute Gasteiger partial charge is 0.350 e. The van der Waals surface area contributed by atoms with Crippen LogP contribution >= 0.6 is 0 Å². The molecule has 3 N–H and O–H groups in total. The summed E-state index contributed by atoms with van der Waals surface area (Å²) in [5.74, 6) is -9.60. The summed E-state index contributed by atoms with van der Waals surface area (Å²) in [7, 11) is 0. The summed E-state index contributed by atoms with van der Waals surface area (Å²) < 4.78 is 36.4. The molecular weight excluding hydrogens is 871 g/mol. The van der Waals surface area contributed by atoms with Gasteiger partial charge in [-0.2, -0.15) is 0 Å². The number of hydrogen-bond donors (Lipinski definition) is 3. The van der Waals surface area contributed by atoms with Gasteiger partial charge in [0.1, 0.15) is 30.0 Å². The van der Waals surface area contributed by atoms with Crippen LogP contribution in [0.4, 0.5) is 0 Å². The molecule has 67 heavy (non-hydrogen) atoms. The summed E-state index contributed by atoms with van der Waals surface area (Å²) in [5, 5.41) is 28.5. The maximum Gasteiger partial charge on any atom is 0.350 e. The van der Waals surface area contributed by atoms with Crippen molar-refractivity contribution in [1.29, 1.82) is 0 Å². The zero-order valence-corrected chi connectivity index (χ0v) is 38.0. The quantitative estimate of drug-likeness (QED) is 0.101. The third-order valence-corrected chi connectivity index (χ3v) is 14.0. The number of Topliss-reactive ketones (excluding diaryl/α,β-unsaturated/α-hetero) is 2. The van der Waals surface area contributed by atoms with Crippen LogP contribution in [-0.4, -0.2) is 112 Å². The number of amides is 1. The number of fused-ring (bicyclic) bond motifs is 5. The van der Waals surface area contributed by atoms with E-state index in [0.29, 0.717) is 0 Å². The number of aliphatic hydroxyl groups excluding tert-OH is 1. The van der Waals surface area contributed by atoms with Crippen molar-refractivity contribution in [3.05, 3.63) is 119 Å². The lowest BCUT2D eigenvalue weighted by Crippen LogP contribution is -2.82. The Kier molecular flexibility index (Phi) is 13.2. The fraction of sp³-hybridized carbons (Fsp3) is 0.440. The molecule has 0 aromatic heterocycles. The number of nitrogens with one attached hydrogen (secondary N) is 1. The zero-order chi connectivity index (χ0) is 48.8. The van der Waals surface area contributed by atoms with E-state index in [-0.39, 0.29) is 40.9 Å². The number of esters is 5. The summed E-state index contributed by atoms with van der Waals surface area (Å²) in [6, 6.07) is 21.7. The Balaban J connectivity index is 1.44. The highest BCUT2D eigenvalue weighted by Crippen LogP contribution is 2.64. The SMILES string of the molecule is CC(=O)O[C@H]1C(=O)[C@@]2(C)[C@H]([C@H](OC(=O)c3ccccc3)[C@]3(O)C[C@H](OC(=O)[C@H](OC(=O)c4ccccc4)[C@@H](NC(=O)C(C)=O)c4ccccc4)C(C)=C1C3(C)C)[C@]1(OC(C)=O)CO[C@@H]1C[C@@H]2O. The first kappa shape index (κ1) is 48.4. The van der Waals surface area contributed by atoms with E-state index < -0.39 is 124 Å². The van der Waals surface area contributed by atoms with Crippen molar-refractivity contribution in [2.45, 2.75) is 115 Å². The van der Waals surface area contributed by atoms with Gasteiger partial charge >= 0.3 is 29.8 Å². The monoisotopic (exact) mass is 923 g/mol. The van der Waals surface area contributed by atoms with Crippen LogP contribution in [-0.2, 0) is 57.2 Å². The molecule has 3 aromatic carbocycles. The molecule has 0 radical (unpaired) electrons. The molecule has 1 heterocycles. The third kappa shape index (κ3) is 8.44. The van der Waals surface area contributed by atoms with Crippen LogP contribution in [0.5, 0.6) is 0 Å². The van der Waals surface area contributed by atoms with Gasteiger partial charge in [-0.3, -0.25) is 24.0 Å².